The van der Waals surface area contributed by atoms with E-state index in [1.807, 2.05) is 0 Å². The highest BCUT2D eigenvalue weighted by Gasteiger charge is 2.45. The van der Waals surface area contributed by atoms with Crippen molar-refractivity contribution in [2.45, 2.75) is 31.1 Å². The molecular weight excluding hydrogens is 306 g/mol. The Morgan fingerprint density at radius 1 is 1.43 bits per heavy atom. The molecule has 0 radical (unpaired) electrons. The molecule has 0 bridgehead atoms. The molecule has 1 aliphatic heterocycles. The maximum atomic E-state index is 12.7. The number of hydrogen-bond donors (Lipinski definition) is 4. The van der Waals surface area contributed by atoms with Crippen LogP contribution in [0.1, 0.15) is 6.23 Å². The van der Waals surface area contributed by atoms with Gasteiger partial charge in [0.2, 0.25) is 5.95 Å². The molecule has 2 aromatic rings. The van der Waals surface area contributed by atoms with E-state index in [1.165, 1.54) is 16.8 Å². The van der Waals surface area contributed by atoms with Crippen LogP contribution >= 0.6 is 0 Å². The predicted octanol–water partition coefficient (Wildman–Crippen LogP) is -2.03. The summed E-state index contributed by atoms with van der Waals surface area (Å²) in [6, 6.07) is 0. The molecule has 3 heterocycles. The Labute approximate surface area is 130 Å². The van der Waals surface area contributed by atoms with Gasteiger partial charge in [-0.05, 0) is 0 Å². The van der Waals surface area contributed by atoms with Crippen molar-refractivity contribution in [1.29, 1.82) is 0 Å². The molecule has 1 aliphatic rings. The van der Waals surface area contributed by atoms with E-state index in [4.69, 9.17) is 10.5 Å². The topological polar surface area (TPSA) is 149 Å². The SMILES string of the molecule is C=CCn1c(=O)n([C@@H]2OC(CO)[C@@H](O)[C@H]2O)c2nc(N)ncc21. The monoisotopic (exact) mass is 323 g/mol. The van der Waals surface area contributed by atoms with Gasteiger partial charge in [0.1, 0.15) is 23.8 Å². The molecule has 3 rings (SSSR count). The maximum absolute atomic E-state index is 12.7. The zero-order valence-electron chi connectivity index (χ0n) is 12.1. The Kier molecular flexibility index (Phi) is 3.90. The Bertz CT molecular complexity index is 800. The van der Waals surface area contributed by atoms with Crippen LogP contribution in [0.15, 0.2) is 23.6 Å². The van der Waals surface area contributed by atoms with E-state index < -0.39 is 36.8 Å². The van der Waals surface area contributed by atoms with Crippen LogP contribution in [0, 0.1) is 0 Å². The molecule has 0 aromatic carbocycles. The smallest absolute Gasteiger partial charge is 0.332 e. The molecule has 1 saturated heterocycles. The number of aliphatic hydroxyl groups is 3. The van der Waals surface area contributed by atoms with E-state index in [-0.39, 0.29) is 18.1 Å². The summed E-state index contributed by atoms with van der Waals surface area (Å²) >= 11 is 0. The van der Waals surface area contributed by atoms with Crippen LogP contribution in [0.25, 0.3) is 11.2 Å². The summed E-state index contributed by atoms with van der Waals surface area (Å²) in [5.41, 5.74) is 5.62. The number of rotatable bonds is 4. The van der Waals surface area contributed by atoms with E-state index in [9.17, 15) is 20.1 Å². The summed E-state index contributed by atoms with van der Waals surface area (Å²) in [5.74, 6) is -0.0475. The second-order valence-corrected chi connectivity index (χ2v) is 5.22. The Morgan fingerprint density at radius 2 is 2.17 bits per heavy atom. The Balaban J connectivity index is 2.21. The number of nitrogen functional groups attached to an aromatic ring is 1. The average Bonchev–Trinajstić information content (AvgIpc) is 2.95. The molecule has 0 amide bonds. The molecule has 0 saturated carbocycles. The Hall–Kier alpha value is -2.27. The number of aromatic nitrogens is 4. The lowest BCUT2D eigenvalue weighted by Crippen LogP contribution is -2.36. The van der Waals surface area contributed by atoms with Crippen LogP contribution in [-0.4, -0.2) is 59.3 Å². The molecule has 10 heteroatoms. The van der Waals surface area contributed by atoms with Crippen LogP contribution in [0.3, 0.4) is 0 Å². The standard InChI is InChI=1S/C13H17N5O5/c1-2-3-17-6-4-15-12(14)16-10(6)18(13(17)22)11-9(21)8(20)7(5-19)23-11/h2,4,7-9,11,19-21H,1,3,5H2,(H2,14,15,16)/t7?,8-,9-,11-/m1/s1. The largest absolute Gasteiger partial charge is 0.394 e. The average molecular weight is 323 g/mol. The van der Waals surface area contributed by atoms with Gasteiger partial charge in [0, 0.05) is 6.54 Å². The van der Waals surface area contributed by atoms with Gasteiger partial charge >= 0.3 is 5.69 Å². The first-order chi connectivity index (χ1) is 11.0. The van der Waals surface area contributed by atoms with Gasteiger partial charge in [0.15, 0.2) is 11.9 Å². The van der Waals surface area contributed by atoms with Crippen LogP contribution in [0.5, 0.6) is 0 Å². The van der Waals surface area contributed by atoms with Gasteiger partial charge in [-0.25, -0.2) is 14.3 Å². The van der Waals surface area contributed by atoms with Crippen molar-refractivity contribution < 1.29 is 20.1 Å². The number of anilines is 1. The van der Waals surface area contributed by atoms with Crippen LogP contribution in [0.2, 0.25) is 0 Å². The van der Waals surface area contributed by atoms with Crippen LogP contribution < -0.4 is 11.4 Å². The molecular formula is C13H17N5O5. The van der Waals surface area contributed by atoms with E-state index in [1.54, 1.807) is 0 Å². The van der Waals surface area contributed by atoms with Crippen LogP contribution in [-0.2, 0) is 11.3 Å². The van der Waals surface area contributed by atoms with Gasteiger partial charge in [-0.2, -0.15) is 4.98 Å². The molecule has 4 atom stereocenters. The molecule has 1 unspecified atom stereocenters. The first-order valence-electron chi connectivity index (χ1n) is 6.96. The van der Waals surface area contributed by atoms with Crippen LogP contribution in [0.4, 0.5) is 5.95 Å². The fraction of sp³-hybridized carbons (Fsp3) is 0.462. The van der Waals surface area contributed by atoms with Crippen molar-refractivity contribution in [1.82, 2.24) is 19.1 Å². The number of nitrogens with two attached hydrogens (primary N) is 1. The number of ether oxygens (including phenoxy) is 1. The van der Waals surface area contributed by atoms with Crippen molar-refractivity contribution in [3.63, 3.8) is 0 Å². The molecule has 23 heavy (non-hydrogen) atoms. The van der Waals surface area contributed by atoms with Gasteiger partial charge in [0.25, 0.3) is 0 Å². The summed E-state index contributed by atoms with van der Waals surface area (Å²) < 4.78 is 7.86. The third-order valence-electron chi connectivity index (χ3n) is 3.81. The van der Waals surface area contributed by atoms with Crippen molar-refractivity contribution in [2.24, 2.45) is 0 Å². The lowest BCUT2D eigenvalue weighted by molar-refractivity contribution is -0.0527. The molecule has 5 N–H and O–H groups in total. The normalized spacial score (nSPS) is 27.6. The number of aliphatic hydroxyl groups excluding tert-OH is 3. The lowest BCUT2D eigenvalue weighted by Gasteiger charge is -2.15. The maximum Gasteiger partial charge on any atom is 0.332 e. The summed E-state index contributed by atoms with van der Waals surface area (Å²) in [4.78, 5) is 20.6. The fourth-order valence-electron chi connectivity index (χ4n) is 2.70. The predicted molar refractivity (Wildman–Crippen MR) is 79.4 cm³/mol. The summed E-state index contributed by atoms with van der Waals surface area (Å²) in [7, 11) is 0. The quantitative estimate of drug-likeness (QED) is 0.471. The first kappa shape index (κ1) is 15.6. The number of allylic oxidation sites excluding steroid dienone is 1. The first-order valence-corrected chi connectivity index (χ1v) is 6.96. The van der Waals surface area contributed by atoms with Gasteiger partial charge in [-0.15, -0.1) is 6.58 Å². The molecule has 2 aromatic heterocycles. The van der Waals surface area contributed by atoms with E-state index in [0.717, 1.165) is 4.57 Å². The number of nitrogens with zero attached hydrogens (tertiary/aromatic N) is 4. The number of fused-ring (bicyclic) bond motifs is 1. The van der Waals surface area contributed by atoms with Crippen molar-refractivity contribution in [3.8, 4) is 0 Å². The fourth-order valence-corrected chi connectivity index (χ4v) is 2.70. The zero-order valence-corrected chi connectivity index (χ0v) is 12.1. The second kappa shape index (κ2) is 5.74. The van der Waals surface area contributed by atoms with Crippen molar-refractivity contribution in [3.05, 3.63) is 29.3 Å². The highest BCUT2D eigenvalue weighted by atomic mass is 16.6. The number of imidazole rings is 1. The second-order valence-electron chi connectivity index (χ2n) is 5.22. The van der Waals surface area contributed by atoms with Gasteiger partial charge in [-0.1, -0.05) is 6.08 Å². The molecule has 0 aliphatic carbocycles. The molecule has 124 valence electrons. The zero-order chi connectivity index (χ0) is 16.7. The molecule has 1 fully saturated rings. The minimum Gasteiger partial charge on any atom is -0.394 e. The van der Waals surface area contributed by atoms with Gasteiger partial charge < -0.3 is 25.8 Å². The van der Waals surface area contributed by atoms with E-state index >= 15 is 0 Å². The minimum absolute atomic E-state index is 0.0475. The Morgan fingerprint density at radius 3 is 2.78 bits per heavy atom. The minimum atomic E-state index is -1.40. The third kappa shape index (κ3) is 2.32. The summed E-state index contributed by atoms with van der Waals surface area (Å²) in [6.45, 7) is 3.30. The summed E-state index contributed by atoms with van der Waals surface area (Å²) in [5, 5.41) is 29.2. The van der Waals surface area contributed by atoms with E-state index in [2.05, 4.69) is 16.5 Å². The van der Waals surface area contributed by atoms with E-state index in [0.29, 0.717) is 5.52 Å². The van der Waals surface area contributed by atoms with Crippen molar-refractivity contribution in [2.75, 3.05) is 12.3 Å². The van der Waals surface area contributed by atoms with Gasteiger partial charge in [-0.3, -0.25) is 4.57 Å². The summed E-state index contributed by atoms with van der Waals surface area (Å²) in [6.07, 6.45) is -2.01. The highest BCUT2D eigenvalue weighted by Crippen LogP contribution is 2.30. The molecule has 10 nitrogen and oxygen atoms in total. The number of hydrogen-bond acceptors (Lipinski definition) is 8. The highest BCUT2D eigenvalue weighted by molar-refractivity contribution is 5.72. The molecule has 0 spiro atoms. The lowest BCUT2D eigenvalue weighted by atomic mass is 10.1. The van der Waals surface area contributed by atoms with Gasteiger partial charge in [0.05, 0.1) is 12.8 Å². The van der Waals surface area contributed by atoms with Crippen molar-refractivity contribution >= 4 is 17.1 Å². The third-order valence-corrected chi connectivity index (χ3v) is 3.81.